The maximum atomic E-state index is 5.77. The van der Waals surface area contributed by atoms with E-state index in [0.717, 1.165) is 10.0 Å². The molecular formula is C14H17BrN4O. The van der Waals surface area contributed by atoms with Crippen molar-refractivity contribution in [1.29, 1.82) is 0 Å². The summed E-state index contributed by atoms with van der Waals surface area (Å²) in [4.78, 5) is 8.48. The summed E-state index contributed by atoms with van der Waals surface area (Å²) in [6.45, 7) is 2.40. The summed E-state index contributed by atoms with van der Waals surface area (Å²) in [7, 11) is 1.60. The van der Waals surface area contributed by atoms with Gasteiger partial charge in [0.1, 0.15) is 18.2 Å². The summed E-state index contributed by atoms with van der Waals surface area (Å²) in [5.41, 5.74) is 6.93. The lowest BCUT2D eigenvalue weighted by atomic mass is 10.1. The molecular weight excluding hydrogens is 320 g/mol. The first-order chi connectivity index (χ1) is 9.58. The largest absolute Gasteiger partial charge is 0.384 e. The second-order valence-corrected chi connectivity index (χ2v) is 5.36. The molecule has 20 heavy (non-hydrogen) atoms. The minimum atomic E-state index is 0.109. The SMILES string of the molecule is COCc1nc(N)cc(NC(C)c2cccc(Br)c2)n1. The van der Waals surface area contributed by atoms with Crippen molar-refractivity contribution >= 4 is 27.6 Å². The average molecular weight is 337 g/mol. The molecule has 0 aliphatic rings. The van der Waals surface area contributed by atoms with Crippen molar-refractivity contribution in [1.82, 2.24) is 9.97 Å². The molecule has 1 atom stereocenters. The van der Waals surface area contributed by atoms with Gasteiger partial charge in [-0.05, 0) is 24.6 Å². The Bertz CT molecular complexity index is 591. The van der Waals surface area contributed by atoms with Crippen LogP contribution in [0.25, 0.3) is 0 Å². The molecule has 0 saturated heterocycles. The first-order valence-corrected chi connectivity index (χ1v) is 7.02. The topological polar surface area (TPSA) is 73.1 Å². The third kappa shape index (κ3) is 3.91. The standard InChI is InChI=1S/C14H17BrN4O/c1-9(10-4-3-5-11(15)6-10)17-13-7-12(16)18-14(19-13)8-20-2/h3-7,9H,8H2,1-2H3,(H3,16,17,18,19). The highest BCUT2D eigenvalue weighted by molar-refractivity contribution is 9.10. The van der Waals surface area contributed by atoms with Crippen LogP contribution in [0.2, 0.25) is 0 Å². The van der Waals surface area contributed by atoms with Crippen molar-refractivity contribution in [2.75, 3.05) is 18.2 Å². The van der Waals surface area contributed by atoms with E-state index in [4.69, 9.17) is 10.5 Å². The van der Waals surface area contributed by atoms with Gasteiger partial charge < -0.3 is 15.8 Å². The molecule has 1 heterocycles. The number of nitrogen functional groups attached to an aromatic ring is 1. The summed E-state index contributed by atoms with van der Waals surface area (Å²) in [5.74, 6) is 1.68. The quantitative estimate of drug-likeness (QED) is 0.877. The van der Waals surface area contributed by atoms with Gasteiger partial charge in [0.25, 0.3) is 0 Å². The van der Waals surface area contributed by atoms with E-state index in [1.54, 1.807) is 13.2 Å². The fourth-order valence-corrected chi connectivity index (χ4v) is 2.28. The van der Waals surface area contributed by atoms with E-state index in [1.165, 1.54) is 0 Å². The molecule has 0 fully saturated rings. The second-order valence-electron chi connectivity index (χ2n) is 4.45. The summed E-state index contributed by atoms with van der Waals surface area (Å²) in [6, 6.07) is 9.95. The molecule has 0 aliphatic heterocycles. The zero-order valence-electron chi connectivity index (χ0n) is 11.4. The van der Waals surface area contributed by atoms with Crippen LogP contribution in [0.4, 0.5) is 11.6 Å². The van der Waals surface area contributed by atoms with Crippen LogP contribution in [0.5, 0.6) is 0 Å². The molecule has 1 aromatic carbocycles. The van der Waals surface area contributed by atoms with E-state index >= 15 is 0 Å². The molecule has 2 rings (SSSR count). The number of anilines is 2. The van der Waals surface area contributed by atoms with Crippen LogP contribution in [-0.2, 0) is 11.3 Å². The van der Waals surface area contributed by atoms with E-state index < -0.39 is 0 Å². The second kappa shape index (κ2) is 6.67. The first-order valence-electron chi connectivity index (χ1n) is 6.23. The molecule has 106 valence electrons. The van der Waals surface area contributed by atoms with Crippen LogP contribution < -0.4 is 11.1 Å². The fourth-order valence-electron chi connectivity index (χ4n) is 1.87. The smallest absolute Gasteiger partial charge is 0.158 e. The lowest BCUT2D eigenvalue weighted by molar-refractivity contribution is 0.178. The zero-order chi connectivity index (χ0) is 14.5. The van der Waals surface area contributed by atoms with Crippen LogP contribution in [0, 0.1) is 0 Å². The van der Waals surface area contributed by atoms with Crippen molar-refractivity contribution in [2.24, 2.45) is 0 Å². The lowest BCUT2D eigenvalue weighted by Crippen LogP contribution is -2.11. The Labute approximate surface area is 126 Å². The number of aromatic nitrogens is 2. The van der Waals surface area contributed by atoms with E-state index in [-0.39, 0.29) is 6.04 Å². The number of ether oxygens (including phenoxy) is 1. The molecule has 2 aromatic rings. The van der Waals surface area contributed by atoms with Gasteiger partial charge >= 0.3 is 0 Å². The van der Waals surface area contributed by atoms with Gasteiger partial charge in [-0.2, -0.15) is 0 Å². The van der Waals surface area contributed by atoms with Gasteiger partial charge in [-0.3, -0.25) is 0 Å². The Morgan fingerprint density at radius 3 is 2.85 bits per heavy atom. The minimum Gasteiger partial charge on any atom is -0.384 e. The highest BCUT2D eigenvalue weighted by atomic mass is 79.9. The third-order valence-electron chi connectivity index (χ3n) is 2.78. The molecule has 0 spiro atoms. The van der Waals surface area contributed by atoms with Gasteiger partial charge in [-0.25, -0.2) is 9.97 Å². The summed E-state index contributed by atoms with van der Waals surface area (Å²) < 4.78 is 6.08. The van der Waals surface area contributed by atoms with Crippen molar-refractivity contribution < 1.29 is 4.74 Å². The van der Waals surface area contributed by atoms with Crippen molar-refractivity contribution in [3.8, 4) is 0 Å². The van der Waals surface area contributed by atoms with Crippen molar-refractivity contribution in [3.63, 3.8) is 0 Å². The van der Waals surface area contributed by atoms with E-state index in [0.29, 0.717) is 24.1 Å². The number of hydrogen-bond acceptors (Lipinski definition) is 5. The molecule has 0 bridgehead atoms. The lowest BCUT2D eigenvalue weighted by Gasteiger charge is -2.16. The van der Waals surface area contributed by atoms with Gasteiger partial charge in [-0.1, -0.05) is 28.1 Å². The first kappa shape index (κ1) is 14.7. The Morgan fingerprint density at radius 2 is 2.15 bits per heavy atom. The number of nitrogens with zero attached hydrogens (tertiary/aromatic N) is 2. The van der Waals surface area contributed by atoms with Gasteiger partial charge in [-0.15, -0.1) is 0 Å². The number of rotatable bonds is 5. The Morgan fingerprint density at radius 1 is 1.35 bits per heavy atom. The van der Waals surface area contributed by atoms with Crippen LogP contribution in [0.15, 0.2) is 34.8 Å². The summed E-state index contributed by atoms with van der Waals surface area (Å²) in [5, 5.41) is 3.32. The highest BCUT2D eigenvalue weighted by Crippen LogP contribution is 2.21. The molecule has 0 aliphatic carbocycles. The maximum Gasteiger partial charge on any atom is 0.158 e. The molecule has 5 nitrogen and oxygen atoms in total. The number of nitrogens with one attached hydrogen (secondary N) is 1. The van der Waals surface area contributed by atoms with E-state index in [9.17, 15) is 0 Å². The number of benzene rings is 1. The Balaban J connectivity index is 2.16. The Kier molecular flexibility index (Phi) is 4.92. The van der Waals surface area contributed by atoms with Crippen LogP contribution >= 0.6 is 15.9 Å². The maximum absolute atomic E-state index is 5.77. The normalized spacial score (nSPS) is 12.2. The van der Waals surface area contributed by atoms with E-state index in [2.05, 4.69) is 50.3 Å². The number of methoxy groups -OCH3 is 1. The number of halogens is 1. The number of nitrogens with two attached hydrogens (primary N) is 1. The molecule has 0 radical (unpaired) electrons. The number of hydrogen-bond donors (Lipinski definition) is 2. The fraction of sp³-hybridized carbons (Fsp3) is 0.286. The highest BCUT2D eigenvalue weighted by Gasteiger charge is 2.08. The van der Waals surface area contributed by atoms with Gasteiger partial charge in [0.15, 0.2) is 5.82 Å². The monoisotopic (exact) mass is 336 g/mol. The van der Waals surface area contributed by atoms with E-state index in [1.807, 2.05) is 12.1 Å². The predicted molar refractivity (Wildman–Crippen MR) is 83.3 cm³/mol. The Hall–Kier alpha value is -1.66. The molecule has 1 aromatic heterocycles. The van der Waals surface area contributed by atoms with Crippen LogP contribution in [-0.4, -0.2) is 17.1 Å². The van der Waals surface area contributed by atoms with Gasteiger partial charge in [0.2, 0.25) is 0 Å². The zero-order valence-corrected chi connectivity index (χ0v) is 13.0. The summed E-state index contributed by atoms with van der Waals surface area (Å²) >= 11 is 3.47. The molecule has 0 amide bonds. The minimum absolute atomic E-state index is 0.109. The molecule has 0 saturated carbocycles. The third-order valence-corrected chi connectivity index (χ3v) is 3.27. The average Bonchev–Trinajstić information content (AvgIpc) is 2.38. The molecule has 6 heteroatoms. The summed E-state index contributed by atoms with van der Waals surface area (Å²) in [6.07, 6.45) is 0. The van der Waals surface area contributed by atoms with Crippen molar-refractivity contribution in [3.05, 3.63) is 46.2 Å². The molecule has 3 N–H and O–H groups in total. The van der Waals surface area contributed by atoms with Crippen LogP contribution in [0.1, 0.15) is 24.4 Å². The van der Waals surface area contributed by atoms with Crippen molar-refractivity contribution in [2.45, 2.75) is 19.6 Å². The van der Waals surface area contributed by atoms with Gasteiger partial charge in [0.05, 0.1) is 0 Å². The molecule has 1 unspecified atom stereocenters. The van der Waals surface area contributed by atoms with Gasteiger partial charge in [0, 0.05) is 23.7 Å². The predicted octanol–water partition coefficient (Wildman–Crippen LogP) is 3.14. The van der Waals surface area contributed by atoms with Crippen LogP contribution in [0.3, 0.4) is 0 Å².